The highest BCUT2D eigenvalue weighted by atomic mass is 32.2. The number of hydrogen-bond donors (Lipinski definition) is 1. The lowest BCUT2D eigenvalue weighted by Crippen LogP contribution is -2.14. The first-order valence-electron chi connectivity index (χ1n) is 10.4. The first kappa shape index (κ1) is 22.4. The number of ether oxygens (including phenoxy) is 2. The van der Waals surface area contributed by atoms with Gasteiger partial charge in [0.25, 0.3) is 0 Å². The summed E-state index contributed by atoms with van der Waals surface area (Å²) in [7, 11) is 3.24. The number of aromatic nitrogens is 3. The molecule has 33 heavy (non-hydrogen) atoms. The fourth-order valence-electron chi connectivity index (χ4n) is 3.28. The Morgan fingerprint density at radius 3 is 2.15 bits per heavy atom. The van der Waals surface area contributed by atoms with Gasteiger partial charge in [-0.25, -0.2) is 0 Å². The minimum atomic E-state index is -0.126. The molecule has 0 aliphatic rings. The SMILES string of the molecule is COc1ccc(NC(=O)CSc2nnc(Cc3ccccc3)n2-c2ccc(OC)cc2)cc1. The Morgan fingerprint density at radius 2 is 1.52 bits per heavy atom. The average Bonchev–Trinajstić information content (AvgIpc) is 3.26. The summed E-state index contributed by atoms with van der Waals surface area (Å²) in [4.78, 5) is 12.5. The third-order valence-electron chi connectivity index (χ3n) is 4.94. The number of benzene rings is 3. The number of rotatable bonds is 9. The molecule has 0 unspecified atom stereocenters. The fourth-order valence-corrected chi connectivity index (χ4v) is 4.05. The van der Waals surface area contributed by atoms with Crippen LogP contribution in [0.3, 0.4) is 0 Å². The lowest BCUT2D eigenvalue weighted by atomic mass is 10.1. The van der Waals surface area contributed by atoms with Crippen molar-refractivity contribution >= 4 is 23.4 Å². The first-order chi connectivity index (χ1) is 16.2. The predicted octanol–water partition coefficient (Wildman–Crippen LogP) is 4.61. The van der Waals surface area contributed by atoms with E-state index >= 15 is 0 Å². The molecule has 1 heterocycles. The molecule has 0 fully saturated rings. The fraction of sp³-hybridized carbons (Fsp3) is 0.160. The molecule has 7 nitrogen and oxygen atoms in total. The Labute approximate surface area is 196 Å². The van der Waals surface area contributed by atoms with Crippen LogP contribution in [0.1, 0.15) is 11.4 Å². The van der Waals surface area contributed by atoms with Crippen LogP contribution in [0, 0.1) is 0 Å². The Kier molecular flexibility index (Phi) is 7.26. The molecular weight excluding hydrogens is 436 g/mol. The van der Waals surface area contributed by atoms with Crippen molar-refractivity contribution in [1.29, 1.82) is 0 Å². The molecule has 4 rings (SSSR count). The smallest absolute Gasteiger partial charge is 0.234 e. The molecular formula is C25H24N4O3S. The van der Waals surface area contributed by atoms with Crippen molar-refractivity contribution in [2.24, 2.45) is 0 Å². The zero-order chi connectivity index (χ0) is 23.0. The van der Waals surface area contributed by atoms with Crippen LogP contribution in [-0.2, 0) is 11.2 Å². The number of thioether (sulfide) groups is 1. The van der Waals surface area contributed by atoms with Crippen molar-refractivity contribution in [3.05, 3.63) is 90.3 Å². The van der Waals surface area contributed by atoms with E-state index in [1.165, 1.54) is 11.8 Å². The van der Waals surface area contributed by atoms with Gasteiger partial charge < -0.3 is 14.8 Å². The highest BCUT2D eigenvalue weighted by molar-refractivity contribution is 7.99. The Hall–Kier alpha value is -3.78. The molecule has 0 spiro atoms. The normalized spacial score (nSPS) is 10.6. The largest absolute Gasteiger partial charge is 0.497 e. The van der Waals surface area contributed by atoms with E-state index in [0.29, 0.717) is 17.3 Å². The maximum absolute atomic E-state index is 12.5. The third-order valence-corrected chi connectivity index (χ3v) is 5.87. The highest BCUT2D eigenvalue weighted by Crippen LogP contribution is 2.25. The molecule has 8 heteroatoms. The molecule has 1 amide bonds. The average molecular weight is 461 g/mol. The lowest BCUT2D eigenvalue weighted by Gasteiger charge is -2.11. The maximum atomic E-state index is 12.5. The van der Waals surface area contributed by atoms with E-state index in [4.69, 9.17) is 9.47 Å². The molecule has 1 aromatic heterocycles. The predicted molar refractivity (Wildman–Crippen MR) is 130 cm³/mol. The Bertz CT molecular complexity index is 1190. The molecule has 3 aromatic carbocycles. The summed E-state index contributed by atoms with van der Waals surface area (Å²) in [6, 6.07) is 25.0. The molecule has 0 aliphatic heterocycles. The van der Waals surface area contributed by atoms with E-state index in [0.717, 1.165) is 28.6 Å². The van der Waals surface area contributed by atoms with E-state index in [9.17, 15) is 4.79 Å². The zero-order valence-electron chi connectivity index (χ0n) is 18.4. The van der Waals surface area contributed by atoms with E-state index in [2.05, 4.69) is 27.6 Å². The summed E-state index contributed by atoms with van der Waals surface area (Å²) in [5, 5.41) is 12.4. The Morgan fingerprint density at radius 1 is 0.879 bits per heavy atom. The molecule has 4 aromatic rings. The number of amides is 1. The zero-order valence-corrected chi connectivity index (χ0v) is 19.2. The van der Waals surface area contributed by atoms with Crippen LogP contribution in [0.15, 0.2) is 84.0 Å². The highest BCUT2D eigenvalue weighted by Gasteiger charge is 2.16. The van der Waals surface area contributed by atoms with Gasteiger partial charge in [-0.05, 0) is 54.1 Å². The van der Waals surface area contributed by atoms with Crippen molar-refractivity contribution < 1.29 is 14.3 Å². The minimum Gasteiger partial charge on any atom is -0.497 e. The molecule has 0 aliphatic carbocycles. The summed E-state index contributed by atoms with van der Waals surface area (Å²) in [6.07, 6.45) is 0.623. The van der Waals surface area contributed by atoms with Gasteiger partial charge in [-0.3, -0.25) is 9.36 Å². The molecule has 0 atom stereocenters. The summed E-state index contributed by atoms with van der Waals surface area (Å²) >= 11 is 1.34. The van der Waals surface area contributed by atoms with Gasteiger partial charge in [0.15, 0.2) is 5.16 Å². The monoisotopic (exact) mass is 460 g/mol. The van der Waals surface area contributed by atoms with Gasteiger partial charge in [-0.1, -0.05) is 42.1 Å². The molecule has 0 radical (unpaired) electrons. The number of nitrogens with one attached hydrogen (secondary N) is 1. The molecule has 1 N–H and O–H groups in total. The number of anilines is 1. The van der Waals surface area contributed by atoms with Crippen LogP contribution in [-0.4, -0.2) is 40.6 Å². The molecule has 0 saturated heterocycles. The molecule has 0 saturated carbocycles. The number of hydrogen-bond acceptors (Lipinski definition) is 6. The van der Waals surface area contributed by atoms with Gasteiger partial charge in [-0.2, -0.15) is 0 Å². The van der Waals surface area contributed by atoms with Crippen LogP contribution in [0.25, 0.3) is 5.69 Å². The van der Waals surface area contributed by atoms with E-state index in [1.54, 1.807) is 38.5 Å². The van der Waals surface area contributed by atoms with Gasteiger partial charge in [0.2, 0.25) is 5.91 Å². The molecule has 168 valence electrons. The van der Waals surface area contributed by atoms with Gasteiger partial charge >= 0.3 is 0 Å². The van der Waals surface area contributed by atoms with Crippen LogP contribution < -0.4 is 14.8 Å². The van der Waals surface area contributed by atoms with Crippen LogP contribution in [0.5, 0.6) is 11.5 Å². The number of methoxy groups -OCH3 is 2. The standard InChI is InChI=1S/C25H24N4O3S/c1-31-21-12-8-19(9-13-21)26-24(30)17-33-25-28-27-23(16-18-6-4-3-5-7-18)29(25)20-10-14-22(32-2)15-11-20/h3-15H,16-17H2,1-2H3,(H,26,30). The third kappa shape index (κ3) is 5.72. The van der Waals surface area contributed by atoms with E-state index in [-0.39, 0.29) is 11.7 Å². The topological polar surface area (TPSA) is 78.3 Å². The number of carbonyl (C=O) groups excluding carboxylic acids is 1. The lowest BCUT2D eigenvalue weighted by molar-refractivity contribution is -0.113. The van der Waals surface area contributed by atoms with Crippen molar-refractivity contribution in [2.75, 3.05) is 25.3 Å². The van der Waals surface area contributed by atoms with Crippen molar-refractivity contribution in [1.82, 2.24) is 14.8 Å². The van der Waals surface area contributed by atoms with Crippen molar-refractivity contribution in [3.63, 3.8) is 0 Å². The number of nitrogens with zero attached hydrogens (tertiary/aromatic N) is 3. The van der Waals surface area contributed by atoms with Crippen LogP contribution >= 0.6 is 11.8 Å². The Balaban J connectivity index is 1.53. The van der Waals surface area contributed by atoms with Crippen LogP contribution in [0.4, 0.5) is 5.69 Å². The summed E-state index contributed by atoms with van der Waals surface area (Å²) in [6.45, 7) is 0. The van der Waals surface area contributed by atoms with Gasteiger partial charge in [0.05, 0.1) is 20.0 Å². The summed E-state index contributed by atoms with van der Waals surface area (Å²) < 4.78 is 12.4. The molecule has 0 bridgehead atoms. The van der Waals surface area contributed by atoms with E-state index < -0.39 is 0 Å². The van der Waals surface area contributed by atoms with Crippen molar-refractivity contribution in [3.8, 4) is 17.2 Å². The minimum absolute atomic E-state index is 0.126. The van der Waals surface area contributed by atoms with E-state index in [1.807, 2.05) is 47.0 Å². The maximum Gasteiger partial charge on any atom is 0.234 e. The van der Waals surface area contributed by atoms with Gasteiger partial charge in [0.1, 0.15) is 17.3 Å². The summed E-state index contributed by atoms with van der Waals surface area (Å²) in [5.41, 5.74) is 2.75. The number of carbonyl (C=O) groups is 1. The van der Waals surface area contributed by atoms with Crippen molar-refractivity contribution in [2.45, 2.75) is 11.6 Å². The second-order valence-corrected chi connectivity index (χ2v) is 8.10. The summed E-state index contributed by atoms with van der Waals surface area (Å²) in [5.74, 6) is 2.37. The van der Waals surface area contributed by atoms with Gasteiger partial charge in [-0.15, -0.1) is 10.2 Å². The van der Waals surface area contributed by atoms with Gasteiger partial charge in [0, 0.05) is 17.8 Å². The quantitative estimate of drug-likeness (QED) is 0.368. The van der Waals surface area contributed by atoms with Crippen LogP contribution in [0.2, 0.25) is 0 Å². The second-order valence-electron chi connectivity index (χ2n) is 7.16. The second kappa shape index (κ2) is 10.7. The first-order valence-corrected chi connectivity index (χ1v) is 11.3.